The fourth-order valence-electron chi connectivity index (χ4n) is 2.78. The Bertz CT molecular complexity index is 478. The van der Waals surface area contributed by atoms with Gasteiger partial charge in [-0.15, -0.1) is 0 Å². The molecule has 0 bridgehead atoms. The molecule has 0 atom stereocenters. The fourth-order valence-corrected chi connectivity index (χ4v) is 2.78. The maximum Gasteiger partial charge on any atom is 0.309 e. The van der Waals surface area contributed by atoms with E-state index >= 15 is 0 Å². The van der Waals surface area contributed by atoms with Gasteiger partial charge in [0.1, 0.15) is 0 Å². The van der Waals surface area contributed by atoms with Gasteiger partial charge in [-0.25, -0.2) is 0 Å². The molecule has 100 valence electrons. The van der Waals surface area contributed by atoms with Gasteiger partial charge in [-0.3, -0.25) is 4.79 Å². The van der Waals surface area contributed by atoms with Crippen LogP contribution in [0.25, 0.3) is 0 Å². The lowest BCUT2D eigenvalue weighted by atomic mass is 9.81. The topological polar surface area (TPSA) is 50.1 Å². The second-order valence-corrected chi connectivity index (χ2v) is 5.35. The van der Waals surface area contributed by atoms with E-state index in [0.717, 1.165) is 37.7 Å². The normalized spacial score (nSPS) is 16.8. The van der Waals surface area contributed by atoms with Crippen molar-refractivity contribution in [2.75, 3.05) is 7.11 Å². The molecule has 0 saturated heterocycles. The van der Waals surface area contributed by atoms with Crippen LogP contribution in [-0.4, -0.2) is 13.1 Å². The molecule has 1 fully saturated rings. The monoisotopic (exact) mass is 257 g/mol. The average Bonchev–Trinajstić information content (AvgIpc) is 2.90. The molecule has 19 heavy (non-hydrogen) atoms. The second kappa shape index (κ2) is 5.88. The van der Waals surface area contributed by atoms with Gasteiger partial charge in [-0.05, 0) is 30.4 Å². The molecule has 3 heteroatoms. The van der Waals surface area contributed by atoms with E-state index in [1.54, 1.807) is 0 Å². The third-order valence-corrected chi connectivity index (χ3v) is 3.94. The molecule has 0 N–H and O–H groups in total. The first-order valence-electron chi connectivity index (χ1n) is 6.73. The zero-order chi connectivity index (χ0) is 13.7. The minimum Gasteiger partial charge on any atom is -0.469 e. The summed E-state index contributed by atoms with van der Waals surface area (Å²) in [5.41, 5.74) is 1.97. The number of methoxy groups -OCH3 is 1. The minimum absolute atomic E-state index is 0.163. The number of hydrogen-bond donors (Lipinski definition) is 0. The summed E-state index contributed by atoms with van der Waals surface area (Å²) in [6.07, 6.45) is 5.46. The van der Waals surface area contributed by atoms with Gasteiger partial charge in [0.25, 0.3) is 0 Å². The van der Waals surface area contributed by atoms with Crippen LogP contribution in [-0.2, 0) is 22.4 Å². The van der Waals surface area contributed by atoms with E-state index in [-0.39, 0.29) is 11.4 Å². The molecule has 3 nitrogen and oxygen atoms in total. The highest BCUT2D eigenvalue weighted by atomic mass is 16.5. The molecule has 1 saturated carbocycles. The zero-order valence-electron chi connectivity index (χ0n) is 11.3. The van der Waals surface area contributed by atoms with E-state index in [0.29, 0.717) is 6.42 Å². The van der Waals surface area contributed by atoms with Crippen molar-refractivity contribution in [2.45, 2.75) is 38.5 Å². The highest BCUT2D eigenvalue weighted by molar-refractivity contribution is 5.72. The number of ether oxygens (including phenoxy) is 1. The molecule has 1 aromatic rings. The molecule has 2 rings (SSSR count). The van der Waals surface area contributed by atoms with E-state index in [1.165, 1.54) is 12.7 Å². The van der Waals surface area contributed by atoms with E-state index in [9.17, 15) is 10.1 Å². The van der Waals surface area contributed by atoms with Crippen LogP contribution in [0.5, 0.6) is 0 Å². The molecular weight excluding hydrogens is 238 g/mol. The summed E-state index contributed by atoms with van der Waals surface area (Å²) in [5.74, 6) is -0.225. The largest absolute Gasteiger partial charge is 0.469 e. The summed E-state index contributed by atoms with van der Waals surface area (Å²) in [6, 6.07) is 10.5. The molecule has 1 aromatic carbocycles. The van der Waals surface area contributed by atoms with Gasteiger partial charge in [0.2, 0.25) is 0 Å². The first-order valence-corrected chi connectivity index (χ1v) is 6.73. The lowest BCUT2D eigenvalue weighted by molar-refractivity contribution is -0.139. The third kappa shape index (κ3) is 3.35. The smallest absolute Gasteiger partial charge is 0.309 e. The molecule has 0 aromatic heterocycles. The Morgan fingerprint density at radius 2 is 1.84 bits per heavy atom. The molecule has 0 spiro atoms. The fraction of sp³-hybridized carbons (Fsp3) is 0.500. The summed E-state index contributed by atoms with van der Waals surface area (Å²) in [4.78, 5) is 11.2. The van der Waals surface area contributed by atoms with Crippen LogP contribution >= 0.6 is 0 Å². The second-order valence-electron chi connectivity index (χ2n) is 5.35. The number of nitrogens with zero attached hydrogens (tertiary/aromatic N) is 1. The standard InChI is InChI=1S/C16H19NO2/c1-19-15(18)10-13-4-6-14(7-5-13)11-16(12-17)8-2-3-9-16/h4-7H,2-3,8-11H2,1H3. The van der Waals surface area contributed by atoms with Crippen LogP contribution in [0.3, 0.4) is 0 Å². The van der Waals surface area contributed by atoms with Gasteiger partial charge >= 0.3 is 5.97 Å². The quantitative estimate of drug-likeness (QED) is 0.779. The van der Waals surface area contributed by atoms with Gasteiger partial charge in [0, 0.05) is 0 Å². The Balaban J connectivity index is 2.02. The average molecular weight is 257 g/mol. The van der Waals surface area contributed by atoms with Gasteiger partial charge in [-0.2, -0.15) is 5.26 Å². The first-order chi connectivity index (χ1) is 9.17. The van der Waals surface area contributed by atoms with E-state index in [1.807, 2.05) is 24.3 Å². The van der Waals surface area contributed by atoms with Gasteiger partial charge in [-0.1, -0.05) is 37.1 Å². The van der Waals surface area contributed by atoms with Crippen molar-refractivity contribution < 1.29 is 9.53 Å². The van der Waals surface area contributed by atoms with Gasteiger partial charge in [0.15, 0.2) is 0 Å². The number of esters is 1. The van der Waals surface area contributed by atoms with Crippen LogP contribution < -0.4 is 0 Å². The lowest BCUT2D eigenvalue weighted by Gasteiger charge is -2.20. The summed E-state index contributed by atoms with van der Waals surface area (Å²) < 4.78 is 4.64. The number of rotatable bonds is 4. The predicted octanol–water partition coefficient (Wildman–Crippen LogP) is 3.03. The number of hydrogen-bond acceptors (Lipinski definition) is 3. The van der Waals surface area contributed by atoms with E-state index < -0.39 is 0 Å². The number of benzene rings is 1. The summed E-state index contributed by atoms with van der Waals surface area (Å²) in [7, 11) is 1.40. The number of nitriles is 1. The lowest BCUT2D eigenvalue weighted by Crippen LogP contribution is -2.17. The molecular formula is C16H19NO2. The summed E-state index contributed by atoms with van der Waals surface area (Å²) in [5, 5.41) is 9.37. The van der Waals surface area contributed by atoms with Crippen LogP contribution in [0, 0.1) is 16.7 Å². The maximum atomic E-state index is 11.2. The Morgan fingerprint density at radius 3 is 2.37 bits per heavy atom. The van der Waals surface area contributed by atoms with Crippen LogP contribution in [0.2, 0.25) is 0 Å². The Kier molecular flexibility index (Phi) is 4.21. The van der Waals surface area contributed by atoms with Crippen molar-refractivity contribution in [3.63, 3.8) is 0 Å². The summed E-state index contributed by atoms with van der Waals surface area (Å²) >= 11 is 0. The van der Waals surface area contributed by atoms with Crippen LogP contribution in [0.15, 0.2) is 24.3 Å². The van der Waals surface area contributed by atoms with E-state index in [4.69, 9.17) is 0 Å². The van der Waals surface area contributed by atoms with Gasteiger partial charge < -0.3 is 4.74 Å². The molecule has 0 radical (unpaired) electrons. The van der Waals surface area contributed by atoms with Crippen molar-refractivity contribution in [1.29, 1.82) is 5.26 Å². The summed E-state index contributed by atoms with van der Waals surface area (Å²) in [6.45, 7) is 0. The van der Waals surface area contributed by atoms with Crippen molar-refractivity contribution in [3.05, 3.63) is 35.4 Å². The molecule has 1 aliphatic rings. The Morgan fingerprint density at radius 1 is 1.26 bits per heavy atom. The van der Waals surface area contributed by atoms with Crippen molar-refractivity contribution in [1.82, 2.24) is 0 Å². The molecule has 1 aliphatic carbocycles. The Labute approximate surface area is 114 Å². The van der Waals surface area contributed by atoms with Gasteiger partial charge in [0.05, 0.1) is 25.0 Å². The van der Waals surface area contributed by atoms with E-state index in [2.05, 4.69) is 10.8 Å². The third-order valence-electron chi connectivity index (χ3n) is 3.94. The maximum absolute atomic E-state index is 11.2. The highest BCUT2D eigenvalue weighted by Gasteiger charge is 2.33. The number of carbonyl (C=O) groups excluding carboxylic acids is 1. The van der Waals surface area contributed by atoms with Crippen molar-refractivity contribution in [2.24, 2.45) is 5.41 Å². The predicted molar refractivity (Wildman–Crippen MR) is 72.4 cm³/mol. The number of carbonyl (C=O) groups is 1. The van der Waals surface area contributed by atoms with Crippen molar-refractivity contribution in [3.8, 4) is 6.07 Å². The van der Waals surface area contributed by atoms with Crippen LogP contribution in [0.4, 0.5) is 0 Å². The minimum atomic E-state index is -0.225. The molecule has 0 unspecified atom stereocenters. The first kappa shape index (κ1) is 13.6. The molecule has 0 aliphatic heterocycles. The Hall–Kier alpha value is -1.82. The molecule has 0 amide bonds. The van der Waals surface area contributed by atoms with Crippen molar-refractivity contribution >= 4 is 5.97 Å². The van der Waals surface area contributed by atoms with Crippen LogP contribution in [0.1, 0.15) is 36.8 Å². The molecule has 0 heterocycles. The highest BCUT2D eigenvalue weighted by Crippen LogP contribution is 2.40. The zero-order valence-corrected chi connectivity index (χ0v) is 11.3. The SMILES string of the molecule is COC(=O)Cc1ccc(CC2(C#N)CCCC2)cc1.